The van der Waals surface area contributed by atoms with Crippen LogP contribution in [-0.2, 0) is 4.79 Å². The number of nitrogens with two attached hydrogens (primary N) is 1. The summed E-state index contributed by atoms with van der Waals surface area (Å²) >= 11 is 0. The second kappa shape index (κ2) is 5.21. The number of carbonyl (C=O) groups is 1. The third-order valence-corrected chi connectivity index (χ3v) is 4.24. The van der Waals surface area contributed by atoms with Crippen LogP contribution in [0, 0.1) is 5.41 Å². The lowest BCUT2D eigenvalue weighted by atomic mass is 9.89. The quantitative estimate of drug-likeness (QED) is 0.816. The van der Waals surface area contributed by atoms with Crippen LogP contribution in [0.15, 0.2) is 24.3 Å². The van der Waals surface area contributed by atoms with E-state index in [4.69, 9.17) is 5.73 Å². The Hall–Kier alpha value is -1.55. The fourth-order valence-corrected chi connectivity index (χ4v) is 2.80. The fourth-order valence-electron chi connectivity index (χ4n) is 2.80. The number of benzene rings is 1. The van der Waals surface area contributed by atoms with Gasteiger partial charge in [-0.15, -0.1) is 0 Å². The topological polar surface area (TPSA) is 58.4 Å². The first-order valence-electron chi connectivity index (χ1n) is 6.78. The molecule has 1 amide bonds. The zero-order valence-corrected chi connectivity index (χ0v) is 11.9. The average Bonchev–Trinajstić information content (AvgIpc) is 2.82. The second-order valence-electron chi connectivity index (χ2n) is 5.70. The average molecular weight is 261 g/mol. The number of nitrogens with one attached hydrogen (secondary N) is 1. The molecule has 0 aromatic heterocycles. The summed E-state index contributed by atoms with van der Waals surface area (Å²) in [5.41, 5.74) is 7.48. The van der Waals surface area contributed by atoms with Gasteiger partial charge in [0.05, 0.1) is 5.41 Å². The third-order valence-electron chi connectivity index (χ3n) is 4.24. The Kier molecular flexibility index (Phi) is 3.80. The summed E-state index contributed by atoms with van der Waals surface area (Å²) in [5.74, 6) is 0.138. The zero-order valence-electron chi connectivity index (χ0n) is 11.9. The van der Waals surface area contributed by atoms with Crippen molar-refractivity contribution in [3.63, 3.8) is 0 Å². The van der Waals surface area contributed by atoms with Crippen molar-refractivity contribution in [2.45, 2.75) is 26.3 Å². The first-order valence-corrected chi connectivity index (χ1v) is 6.78. The van der Waals surface area contributed by atoms with Crippen LogP contribution in [0.5, 0.6) is 0 Å². The van der Waals surface area contributed by atoms with E-state index in [9.17, 15) is 4.79 Å². The zero-order chi connectivity index (χ0) is 14.0. The predicted octanol–water partition coefficient (Wildman–Crippen LogP) is 1.79. The maximum atomic E-state index is 11.9. The van der Waals surface area contributed by atoms with Gasteiger partial charge in [0.25, 0.3) is 0 Å². The molecule has 4 nitrogen and oxygen atoms in total. The molecule has 0 bridgehead atoms. The number of anilines is 1. The molecule has 0 radical (unpaired) electrons. The molecule has 1 aliphatic rings. The van der Waals surface area contributed by atoms with E-state index < -0.39 is 0 Å². The van der Waals surface area contributed by atoms with Crippen LogP contribution in [0.3, 0.4) is 0 Å². The van der Waals surface area contributed by atoms with E-state index in [1.54, 1.807) is 7.05 Å². The number of likely N-dealkylation sites (tertiary alicyclic amines) is 1. The van der Waals surface area contributed by atoms with E-state index in [2.05, 4.69) is 29.3 Å². The van der Waals surface area contributed by atoms with Crippen molar-refractivity contribution >= 4 is 11.6 Å². The van der Waals surface area contributed by atoms with Crippen molar-refractivity contribution < 1.29 is 4.79 Å². The molecular formula is C15H23N3O. The number of nitrogens with zero attached hydrogens (tertiary/aromatic N) is 1. The number of hydrogen-bond acceptors (Lipinski definition) is 3. The first-order chi connectivity index (χ1) is 8.96. The van der Waals surface area contributed by atoms with Gasteiger partial charge in [0.15, 0.2) is 0 Å². The van der Waals surface area contributed by atoms with Crippen LogP contribution in [0.2, 0.25) is 0 Å². The number of nitrogen functional groups attached to an aromatic ring is 1. The second-order valence-corrected chi connectivity index (χ2v) is 5.70. The Balaban J connectivity index is 2.08. The van der Waals surface area contributed by atoms with Crippen LogP contribution < -0.4 is 11.1 Å². The standard InChI is InChI=1S/C15H23N3O/c1-11(12-4-6-13(16)7-5-12)18-9-8-15(2,10-18)14(19)17-3/h4-7,11H,8-10,16H2,1-3H3,(H,17,19). The lowest BCUT2D eigenvalue weighted by Gasteiger charge is -2.27. The van der Waals surface area contributed by atoms with Crippen molar-refractivity contribution in [3.05, 3.63) is 29.8 Å². The summed E-state index contributed by atoms with van der Waals surface area (Å²) in [4.78, 5) is 14.3. The molecular weight excluding hydrogens is 238 g/mol. The molecule has 0 saturated carbocycles. The summed E-state index contributed by atoms with van der Waals surface area (Å²) in [6.07, 6.45) is 0.909. The highest BCUT2D eigenvalue weighted by molar-refractivity contribution is 5.82. The van der Waals surface area contributed by atoms with Gasteiger partial charge in [0.1, 0.15) is 0 Å². The van der Waals surface area contributed by atoms with E-state index >= 15 is 0 Å². The third kappa shape index (κ3) is 2.73. The highest BCUT2D eigenvalue weighted by Crippen LogP contribution is 2.35. The molecule has 0 spiro atoms. The summed E-state index contributed by atoms with van der Waals surface area (Å²) in [7, 11) is 1.71. The molecule has 1 heterocycles. The van der Waals surface area contributed by atoms with E-state index in [1.165, 1.54) is 5.56 Å². The largest absolute Gasteiger partial charge is 0.399 e. The lowest BCUT2D eigenvalue weighted by molar-refractivity contribution is -0.129. The Morgan fingerprint density at radius 2 is 2.05 bits per heavy atom. The van der Waals surface area contributed by atoms with Gasteiger partial charge in [0, 0.05) is 25.3 Å². The van der Waals surface area contributed by atoms with E-state index in [0.717, 1.165) is 25.2 Å². The number of hydrogen-bond donors (Lipinski definition) is 2. The molecule has 104 valence electrons. The summed E-state index contributed by atoms with van der Waals surface area (Å²) in [5, 5.41) is 2.77. The molecule has 1 aromatic carbocycles. The molecule has 1 saturated heterocycles. The van der Waals surface area contributed by atoms with E-state index in [0.29, 0.717) is 6.04 Å². The summed E-state index contributed by atoms with van der Waals surface area (Å²) < 4.78 is 0. The highest BCUT2D eigenvalue weighted by Gasteiger charge is 2.41. The Bertz CT molecular complexity index is 457. The van der Waals surface area contributed by atoms with Gasteiger partial charge in [-0.2, -0.15) is 0 Å². The van der Waals surface area contributed by atoms with Gasteiger partial charge < -0.3 is 11.1 Å². The Morgan fingerprint density at radius 1 is 1.42 bits per heavy atom. The fraction of sp³-hybridized carbons (Fsp3) is 0.533. The number of rotatable bonds is 3. The molecule has 1 aromatic rings. The van der Waals surface area contributed by atoms with Crippen molar-refractivity contribution in [3.8, 4) is 0 Å². The molecule has 0 aliphatic carbocycles. The van der Waals surface area contributed by atoms with Crippen molar-refractivity contribution in [2.75, 3.05) is 25.9 Å². The first kappa shape index (κ1) is 13.9. The van der Waals surface area contributed by atoms with Crippen LogP contribution >= 0.6 is 0 Å². The van der Waals surface area contributed by atoms with Crippen LogP contribution in [-0.4, -0.2) is 30.9 Å². The molecule has 1 aliphatic heterocycles. The van der Waals surface area contributed by atoms with E-state index in [1.807, 2.05) is 19.1 Å². The summed E-state index contributed by atoms with van der Waals surface area (Å²) in [6.45, 7) is 5.98. The highest BCUT2D eigenvalue weighted by atomic mass is 16.2. The predicted molar refractivity (Wildman–Crippen MR) is 77.6 cm³/mol. The van der Waals surface area contributed by atoms with Crippen molar-refractivity contribution in [2.24, 2.45) is 5.41 Å². The smallest absolute Gasteiger partial charge is 0.227 e. The number of carbonyl (C=O) groups excluding carboxylic acids is 1. The maximum absolute atomic E-state index is 11.9. The van der Waals surface area contributed by atoms with E-state index in [-0.39, 0.29) is 11.3 Å². The van der Waals surface area contributed by atoms with Gasteiger partial charge >= 0.3 is 0 Å². The van der Waals surface area contributed by atoms with Gasteiger partial charge in [-0.25, -0.2) is 0 Å². The molecule has 2 rings (SSSR count). The summed E-state index contributed by atoms with van der Waals surface area (Å²) in [6, 6.07) is 8.30. The van der Waals surface area contributed by atoms with Crippen molar-refractivity contribution in [1.82, 2.24) is 10.2 Å². The van der Waals surface area contributed by atoms with Crippen molar-refractivity contribution in [1.29, 1.82) is 0 Å². The van der Waals surface area contributed by atoms with Crippen LogP contribution in [0.1, 0.15) is 31.9 Å². The minimum atomic E-state index is -0.267. The molecule has 1 fully saturated rings. The minimum Gasteiger partial charge on any atom is -0.399 e. The molecule has 2 atom stereocenters. The van der Waals surface area contributed by atoms with Crippen LogP contribution in [0.4, 0.5) is 5.69 Å². The minimum absolute atomic E-state index is 0.138. The number of amides is 1. The molecule has 2 unspecified atom stereocenters. The Morgan fingerprint density at radius 3 is 2.63 bits per heavy atom. The lowest BCUT2D eigenvalue weighted by Crippen LogP contribution is -2.39. The molecule has 19 heavy (non-hydrogen) atoms. The van der Waals surface area contributed by atoms with Gasteiger partial charge in [-0.05, 0) is 44.5 Å². The van der Waals surface area contributed by atoms with Gasteiger partial charge in [-0.1, -0.05) is 12.1 Å². The maximum Gasteiger partial charge on any atom is 0.227 e. The molecule has 4 heteroatoms. The monoisotopic (exact) mass is 261 g/mol. The van der Waals surface area contributed by atoms with Crippen LogP contribution in [0.25, 0.3) is 0 Å². The SMILES string of the molecule is CNC(=O)C1(C)CCN(C(C)c2ccc(N)cc2)C1. The Labute approximate surface area is 115 Å². The molecule has 3 N–H and O–H groups in total. The normalized spacial score (nSPS) is 25.2. The van der Waals surface area contributed by atoms with Gasteiger partial charge in [-0.3, -0.25) is 9.69 Å². The van der Waals surface area contributed by atoms with Gasteiger partial charge in [0.2, 0.25) is 5.91 Å².